The Morgan fingerprint density at radius 1 is 1.50 bits per heavy atom. The molecular weight excluding hydrogens is 250 g/mol. The first-order valence-corrected chi connectivity index (χ1v) is 5.97. The van der Waals surface area contributed by atoms with Gasteiger partial charge in [0.2, 0.25) is 0 Å². The summed E-state index contributed by atoms with van der Waals surface area (Å²) in [6.07, 6.45) is 3.36. The standard InChI is InChI=1S/C12H16ClN5/c1-8-9(12(13)18(3)16-8)7-17(2)11-4-5-15-6-10(11)14/h4-6H,7,14H2,1-3H3. The Morgan fingerprint density at radius 3 is 2.78 bits per heavy atom. The first kappa shape index (κ1) is 12.7. The third-order valence-electron chi connectivity index (χ3n) is 2.90. The van der Waals surface area contributed by atoms with Crippen LogP contribution in [0.15, 0.2) is 18.5 Å². The van der Waals surface area contributed by atoms with Crippen LogP contribution in [0.25, 0.3) is 0 Å². The maximum atomic E-state index is 6.22. The second kappa shape index (κ2) is 4.86. The van der Waals surface area contributed by atoms with Gasteiger partial charge in [-0.1, -0.05) is 11.6 Å². The number of nitrogen functional groups attached to an aromatic ring is 1. The van der Waals surface area contributed by atoms with Gasteiger partial charge in [0.25, 0.3) is 0 Å². The number of nitrogens with two attached hydrogens (primary N) is 1. The summed E-state index contributed by atoms with van der Waals surface area (Å²) in [7, 11) is 3.80. The summed E-state index contributed by atoms with van der Waals surface area (Å²) >= 11 is 6.22. The molecule has 18 heavy (non-hydrogen) atoms. The molecule has 5 nitrogen and oxygen atoms in total. The van der Waals surface area contributed by atoms with Crippen LogP contribution in [0, 0.1) is 6.92 Å². The Bertz CT molecular complexity index is 564. The molecule has 96 valence electrons. The minimum atomic E-state index is 0.651. The Morgan fingerprint density at radius 2 is 2.22 bits per heavy atom. The van der Waals surface area contributed by atoms with Crippen molar-refractivity contribution < 1.29 is 0 Å². The van der Waals surface area contributed by atoms with E-state index in [4.69, 9.17) is 17.3 Å². The van der Waals surface area contributed by atoms with Gasteiger partial charge in [0.05, 0.1) is 23.3 Å². The number of hydrogen-bond acceptors (Lipinski definition) is 4. The van der Waals surface area contributed by atoms with Crippen LogP contribution < -0.4 is 10.6 Å². The number of hydrogen-bond donors (Lipinski definition) is 1. The van der Waals surface area contributed by atoms with Gasteiger partial charge in [-0.15, -0.1) is 0 Å². The molecule has 0 aliphatic heterocycles. The summed E-state index contributed by atoms with van der Waals surface area (Å²) in [6, 6.07) is 1.88. The maximum Gasteiger partial charge on any atom is 0.131 e. The largest absolute Gasteiger partial charge is 0.396 e. The highest BCUT2D eigenvalue weighted by molar-refractivity contribution is 6.30. The Labute approximate surface area is 111 Å². The molecule has 2 rings (SSSR count). The highest BCUT2D eigenvalue weighted by Crippen LogP contribution is 2.25. The van der Waals surface area contributed by atoms with Crippen molar-refractivity contribution in [3.63, 3.8) is 0 Å². The van der Waals surface area contributed by atoms with Crippen LogP contribution in [0.3, 0.4) is 0 Å². The van der Waals surface area contributed by atoms with E-state index in [0.29, 0.717) is 17.4 Å². The number of aromatic nitrogens is 3. The number of anilines is 2. The Hall–Kier alpha value is -1.75. The predicted molar refractivity (Wildman–Crippen MR) is 73.7 cm³/mol. The lowest BCUT2D eigenvalue weighted by Crippen LogP contribution is -2.18. The molecule has 0 unspecified atom stereocenters. The SMILES string of the molecule is Cc1nn(C)c(Cl)c1CN(C)c1ccncc1N. The van der Waals surface area contributed by atoms with Crippen molar-refractivity contribution in [3.05, 3.63) is 34.9 Å². The molecule has 6 heteroatoms. The quantitative estimate of drug-likeness (QED) is 0.922. The van der Waals surface area contributed by atoms with Gasteiger partial charge in [0, 0.05) is 32.4 Å². The minimum Gasteiger partial charge on any atom is -0.396 e. The molecule has 2 heterocycles. The number of pyridine rings is 1. The van der Waals surface area contributed by atoms with Crippen LogP contribution in [0.5, 0.6) is 0 Å². The Kier molecular flexibility index (Phi) is 3.43. The van der Waals surface area contributed by atoms with Crippen molar-refractivity contribution in [2.45, 2.75) is 13.5 Å². The van der Waals surface area contributed by atoms with Crippen LogP contribution in [-0.2, 0) is 13.6 Å². The first-order valence-electron chi connectivity index (χ1n) is 5.59. The van der Waals surface area contributed by atoms with Gasteiger partial charge in [-0.25, -0.2) is 0 Å². The maximum absolute atomic E-state index is 6.22. The minimum absolute atomic E-state index is 0.651. The third-order valence-corrected chi connectivity index (χ3v) is 3.38. The van der Waals surface area contributed by atoms with E-state index in [-0.39, 0.29) is 0 Å². The van der Waals surface area contributed by atoms with Crippen LogP contribution in [0.1, 0.15) is 11.3 Å². The molecule has 0 amide bonds. The van der Waals surface area contributed by atoms with Crippen molar-refractivity contribution in [1.29, 1.82) is 0 Å². The van der Waals surface area contributed by atoms with E-state index in [0.717, 1.165) is 16.9 Å². The van der Waals surface area contributed by atoms with Crippen molar-refractivity contribution in [2.75, 3.05) is 17.7 Å². The average molecular weight is 266 g/mol. The highest BCUT2D eigenvalue weighted by Gasteiger charge is 2.14. The number of nitrogens with zero attached hydrogens (tertiary/aromatic N) is 4. The highest BCUT2D eigenvalue weighted by atomic mass is 35.5. The van der Waals surface area contributed by atoms with Gasteiger partial charge in [-0.2, -0.15) is 5.10 Å². The lowest BCUT2D eigenvalue weighted by molar-refractivity contribution is 0.757. The molecule has 0 saturated carbocycles. The van der Waals surface area contributed by atoms with Crippen molar-refractivity contribution in [2.24, 2.45) is 7.05 Å². The lowest BCUT2D eigenvalue weighted by Gasteiger charge is -2.20. The van der Waals surface area contributed by atoms with Crippen molar-refractivity contribution in [3.8, 4) is 0 Å². The zero-order valence-electron chi connectivity index (χ0n) is 10.7. The van der Waals surface area contributed by atoms with Crippen molar-refractivity contribution >= 4 is 23.0 Å². The monoisotopic (exact) mass is 265 g/mol. The second-order valence-corrected chi connectivity index (χ2v) is 4.63. The van der Waals surface area contributed by atoms with Crippen LogP contribution in [0.4, 0.5) is 11.4 Å². The molecule has 2 N–H and O–H groups in total. The van der Waals surface area contributed by atoms with Gasteiger partial charge in [0.1, 0.15) is 5.15 Å². The number of halogens is 1. The zero-order chi connectivity index (χ0) is 13.3. The fourth-order valence-corrected chi connectivity index (χ4v) is 2.16. The van der Waals surface area contributed by atoms with Gasteiger partial charge in [-0.05, 0) is 13.0 Å². The summed E-state index contributed by atoms with van der Waals surface area (Å²) in [5, 5.41) is 4.95. The number of aryl methyl sites for hydroxylation is 2. The third kappa shape index (κ3) is 2.26. The molecular formula is C12H16ClN5. The summed E-state index contributed by atoms with van der Waals surface area (Å²) in [5.41, 5.74) is 9.43. The van der Waals surface area contributed by atoms with E-state index in [1.165, 1.54) is 0 Å². The molecule has 2 aromatic heterocycles. The van der Waals surface area contributed by atoms with E-state index in [1.807, 2.05) is 32.0 Å². The van der Waals surface area contributed by atoms with E-state index in [2.05, 4.69) is 10.1 Å². The first-order chi connectivity index (χ1) is 8.50. The van der Waals surface area contributed by atoms with Crippen LogP contribution in [-0.4, -0.2) is 21.8 Å². The second-order valence-electron chi connectivity index (χ2n) is 4.27. The summed E-state index contributed by atoms with van der Waals surface area (Å²) < 4.78 is 1.68. The molecule has 2 aromatic rings. The molecule has 0 aliphatic carbocycles. The van der Waals surface area contributed by atoms with E-state index in [1.54, 1.807) is 17.1 Å². The predicted octanol–water partition coefficient (Wildman–Crippen LogP) is 2.00. The van der Waals surface area contributed by atoms with E-state index in [9.17, 15) is 0 Å². The van der Waals surface area contributed by atoms with Crippen LogP contribution >= 0.6 is 11.6 Å². The normalized spacial score (nSPS) is 10.7. The molecule has 0 spiro atoms. The topological polar surface area (TPSA) is 60.0 Å². The van der Waals surface area contributed by atoms with Crippen molar-refractivity contribution in [1.82, 2.24) is 14.8 Å². The summed E-state index contributed by atoms with van der Waals surface area (Å²) in [5.74, 6) is 0. The molecule has 0 bridgehead atoms. The zero-order valence-corrected chi connectivity index (χ0v) is 11.4. The molecule has 0 saturated heterocycles. The Balaban J connectivity index is 2.27. The van der Waals surface area contributed by atoms with E-state index >= 15 is 0 Å². The van der Waals surface area contributed by atoms with Gasteiger partial charge < -0.3 is 10.6 Å². The molecule has 0 radical (unpaired) electrons. The smallest absolute Gasteiger partial charge is 0.131 e. The van der Waals surface area contributed by atoms with Gasteiger partial charge in [0.15, 0.2) is 0 Å². The molecule has 0 fully saturated rings. The van der Waals surface area contributed by atoms with Gasteiger partial charge in [-0.3, -0.25) is 9.67 Å². The molecule has 0 aromatic carbocycles. The summed E-state index contributed by atoms with van der Waals surface area (Å²) in [4.78, 5) is 6.01. The average Bonchev–Trinajstić information content (AvgIpc) is 2.56. The van der Waals surface area contributed by atoms with Gasteiger partial charge >= 0.3 is 0 Å². The van der Waals surface area contributed by atoms with E-state index < -0.39 is 0 Å². The summed E-state index contributed by atoms with van der Waals surface area (Å²) in [6.45, 7) is 2.61. The number of rotatable bonds is 3. The molecule has 0 aliphatic rings. The van der Waals surface area contributed by atoms with Crippen LogP contribution in [0.2, 0.25) is 5.15 Å². The fraction of sp³-hybridized carbons (Fsp3) is 0.333. The molecule has 0 atom stereocenters. The fourth-order valence-electron chi connectivity index (χ4n) is 1.92. The lowest BCUT2D eigenvalue weighted by atomic mass is 10.2.